The number of sulfonamides is 1. The predicted molar refractivity (Wildman–Crippen MR) is 125 cm³/mol. The van der Waals surface area contributed by atoms with Crippen molar-refractivity contribution >= 4 is 50.5 Å². The third kappa shape index (κ3) is 5.91. The quantitative estimate of drug-likeness (QED) is 0.504. The molecule has 31 heavy (non-hydrogen) atoms. The topological polar surface area (TPSA) is 75.7 Å². The summed E-state index contributed by atoms with van der Waals surface area (Å²) in [5.41, 5.74) is 2.12. The molecule has 1 amide bonds. The molecule has 3 aromatic carbocycles. The van der Waals surface area contributed by atoms with Crippen molar-refractivity contribution in [3.05, 3.63) is 87.9 Å². The minimum absolute atomic E-state index is 0.145. The number of carbonyl (C=O) groups excluding carboxylic acids is 1. The molecule has 0 aliphatic rings. The van der Waals surface area contributed by atoms with Crippen LogP contribution in [-0.2, 0) is 16.6 Å². The second kappa shape index (κ2) is 9.60. The molecule has 0 saturated heterocycles. The molecule has 9 heteroatoms. The van der Waals surface area contributed by atoms with Crippen LogP contribution in [0.2, 0.25) is 10.0 Å². The van der Waals surface area contributed by atoms with Crippen molar-refractivity contribution in [2.45, 2.75) is 6.54 Å². The molecular weight excluding hydrogens is 459 g/mol. The first-order valence-electron chi connectivity index (χ1n) is 9.14. The van der Waals surface area contributed by atoms with E-state index in [9.17, 15) is 13.2 Å². The molecule has 0 radical (unpaired) electrons. The Hall–Kier alpha value is -2.74. The molecule has 0 aliphatic carbocycles. The Morgan fingerprint density at radius 3 is 2.19 bits per heavy atom. The molecule has 0 bridgehead atoms. The van der Waals surface area contributed by atoms with Crippen LogP contribution in [0.25, 0.3) is 0 Å². The summed E-state index contributed by atoms with van der Waals surface area (Å²) in [7, 11) is -2.04. The Bertz CT molecular complexity index is 1180. The van der Waals surface area contributed by atoms with Gasteiger partial charge >= 0.3 is 0 Å². The monoisotopic (exact) mass is 478 g/mol. The van der Waals surface area contributed by atoms with Crippen LogP contribution in [0.3, 0.4) is 0 Å². The minimum Gasteiger partial charge on any atom is -0.495 e. The van der Waals surface area contributed by atoms with Crippen molar-refractivity contribution in [2.24, 2.45) is 0 Å². The van der Waals surface area contributed by atoms with E-state index in [4.69, 9.17) is 27.9 Å². The van der Waals surface area contributed by atoms with Gasteiger partial charge in [-0.05, 0) is 60.2 Å². The average Bonchev–Trinajstić information content (AvgIpc) is 2.73. The van der Waals surface area contributed by atoms with Gasteiger partial charge in [-0.3, -0.25) is 9.10 Å². The molecule has 3 rings (SSSR count). The van der Waals surface area contributed by atoms with Crippen LogP contribution in [-0.4, -0.2) is 27.7 Å². The van der Waals surface area contributed by atoms with Crippen molar-refractivity contribution in [2.75, 3.05) is 23.0 Å². The summed E-state index contributed by atoms with van der Waals surface area (Å²) < 4.78 is 31.1. The summed E-state index contributed by atoms with van der Waals surface area (Å²) in [6, 6.07) is 18.2. The lowest BCUT2D eigenvalue weighted by atomic mass is 10.1. The van der Waals surface area contributed by atoms with Crippen LogP contribution in [0.4, 0.5) is 11.4 Å². The van der Waals surface area contributed by atoms with Crippen molar-refractivity contribution in [1.29, 1.82) is 0 Å². The highest BCUT2D eigenvalue weighted by Gasteiger charge is 2.18. The van der Waals surface area contributed by atoms with E-state index < -0.39 is 10.0 Å². The smallest absolute Gasteiger partial charge is 0.255 e. The predicted octanol–water partition coefficient (Wildman–Crippen LogP) is 5.22. The van der Waals surface area contributed by atoms with E-state index in [0.717, 1.165) is 11.8 Å². The van der Waals surface area contributed by atoms with Crippen molar-refractivity contribution in [3.63, 3.8) is 0 Å². The lowest BCUT2D eigenvalue weighted by Crippen LogP contribution is -2.29. The SMILES string of the molecule is COc1ccc(NC(=O)c2ccc(N(Cc3ccc(Cl)cc3)S(C)(=O)=O)cc2)cc1Cl. The van der Waals surface area contributed by atoms with E-state index in [2.05, 4.69) is 5.32 Å². The van der Waals surface area contributed by atoms with Crippen LogP contribution in [0.15, 0.2) is 66.7 Å². The summed E-state index contributed by atoms with van der Waals surface area (Å²) in [6.07, 6.45) is 1.14. The zero-order valence-electron chi connectivity index (χ0n) is 16.8. The number of halogens is 2. The molecule has 0 saturated carbocycles. The van der Waals surface area contributed by atoms with Gasteiger partial charge in [-0.1, -0.05) is 35.3 Å². The number of hydrogen-bond acceptors (Lipinski definition) is 4. The van der Waals surface area contributed by atoms with Gasteiger partial charge in [0.05, 0.1) is 30.6 Å². The molecule has 0 spiro atoms. The number of nitrogens with zero attached hydrogens (tertiary/aromatic N) is 1. The standard InChI is InChI=1S/C22H20Cl2N2O4S/c1-30-21-12-9-18(13-20(21)24)25-22(27)16-5-10-19(11-6-16)26(31(2,28)29)14-15-3-7-17(23)8-4-15/h3-13H,14H2,1-2H3,(H,25,27). The lowest BCUT2D eigenvalue weighted by Gasteiger charge is -2.23. The number of benzene rings is 3. The maximum atomic E-state index is 12.6. The maximum absolute atomic E-state index is 12.6. The van der Waals surface area contributed by atoms with Crippen LogP contribution < -0.4 is 14.4 Å². The van der Waals surface area contributed by atoms with Gasteiger partial charge in [0.25, 0.3) is 5.91 Å². The first-order valence-corrected chi connectivity index (χ1v) is 11.7. The molecular formula is C22H20Cl2N2O4S. The van der Waals surface area contributed by atoms with Gasteiger partial charge in [-0.25, -0.2) is 8.42 Å². The zero-order chi connectivity index (χ0) is 22.6. The number of methoxy groups -OCH3 is 1. The first kappa shape index (κ1) is 22.9. The second-order valence-corrected chi connectivity index (χ2v) is 9.50. The summed E-state index contributed by atoms with van der Waals surface area (Å²) in [4.78, 5) is 12.6. The molecule has 6 nitrogen and oxygen atoms in total. The van der Waals surface area contributed by atoms with Crippen LogP contribution >= 0.6 is 23.2 Å². The molecule has 0 fully saturated rings. The number of nitrogens with one attached hydrogen (secondary N) is 1. The zero-order valence-corrected chi connectivity index (χ0v) is 19.1. The van der Waals surface area contributed by atoms with Gasteiger partial charge in [0.15, 0.2) is 0 Å². The van der Waals surface area contributed by atoms with Crippen molar-refractivity contribution < 1.29 is 17.9 Å². The average molecular weight is 479 g/mol. The van der Waals surface area contributed by atoms with E-state index in [1.807, 2.05) is 0 Å². The lowest BCUT2D eigenvalue weighted by molar-refractivity contribution is 0.102. The van der Waals surface area contributed by atoms with E-state index in [0.29, 0.717) is 32.7 Å². The Kier molecular flexibility index (Phi) is 7.10. The van der Waals surface area contributed by atoms with E-state index in [-0.39, 0.29) is 12.5 Å². The van der Waals surface area contributed by atoms with Gasteiger partial charge in [0, 0.05) is 16.3 Å². The molecule has 0 unspecified atom stereocenters. The maximum Gasteiger partial charge on any atom is 0.255 e. The number of ether oxygens (including phenoxy) is 1. The first-order chi connectivity index (χ1) is 14.7. The van der Waals surface area contributed by atoms with Gasteiger partial charge in [-0.2, -0.15) is 0 Å². The van der Waals surface area contributed by atoms with Gasteiger partial charge in [0.1, 0.15) is 5.75 Å². The fraction of sp³-hybridized carbons (Fsp3) is 0.136. The summed E-state index contributed by atoms with van der Waals surface area (Å²) in [5.74, 6) is 0.155. The third-order valence-corrected chi connectivity index (χ3v) is 6.15. The fourth-order valence-electron chi connectivity index (χ4n) is 2.88. The summed E-state index contributed by atoms with van der Waals surface area (Å²) >= 11 is 12.0. The van der Waals surface area contributed by atoms with Crippen molar-refractivity contribution in [3.8, 4) is 5.75 Å². The second-order valence-electron chi connectivity index (χ2n) is 6.75. The Morgan fingerprint density at radius 1 is 1.00 bits per heavy atom. The van der Waals surface area contributed by atoms with E-state index >= 15 is 0 Å². The summed E-state index contributed by atoms with van der Waals surface area (Å²) in [6.45, 7) is 0.145. The number of rotatable bonds is 7. The molecule has 1 N–H and O–H groups in total. The van der Waals surface area contributed by atoms with Gasteiger partial charge in [-0.15, -0.1) is 0 Å². The Labute approximate surface area is 191 Å². The molecule has 0 aliphatic heterocycles. The number of hydrogen-bond donors (Lipinski definition) is 1. The van der Waals surface area contributed by atoms with Crippen LogP contribution in [0.5, 0.6) is 5.75 Å². The molecule has 0 aromatic heterocycles. The molecule has 0 atom stereocenters. The molecule has 0 heterocycles. The van der Waals surface area contributed by atoms with Gasteiger partial charge in [0.2, 0.25) is 10.0 Å². The molecule has 162 valence electrons. The number of carbonyl (C=O) groups is 1. The fourth-order valence-corrected chi connectivity index (χ4v) is 4.15. The van der Waals surface area contributed by atoms with E-state index in [1.54, 1.807) is 66.7 Å². The highest BCUT2D eigenvalue weighted by Crippen LogP contribution is 2.28. The van der Waals surface area contributed by atoms with E-state index in [1.165, 1.54) is 11.4 Å². The third-order valence-electron chi connectivity index (χ3n) is 4.47. The summed E-state index contributed by atoms with van der Waals surface area (Å²) in [5, 5.41) is 3.70. The Balaban J connectivity index is 1.78. The van der Waals surface area contributed by atoms with Gasteiger partial charge < -0.3 is 10.1 Å². The normalized spacial score (nSPS) is 11.1. The molecule has 3 aromatic rings. The van der Waals surface area contributed by atoms with Crippen molar-refractivity contribution in [1.82, 2.24) is 0 Å². The van der Waals surface area contributed by atoms with Crippen LogP contribution in [0, 0.1) is 0 Å². The number of amides is 1. The highest BCUT2D eigenvalue weighted by molar-refractivity contribution is 7.92. The highest BCUT2D eigenvalue weighted by atomic mass is 35.5. The largest absolute Gasteiger partial charge is 0.495 e. The number of anilines is 2. The van der Waals surface area contributed by atoms with Crippen LogP contribution in [0.1, 0.15) is 15.9 Å². The Morgan fingerprint density at radius 2 is 1.65 bits per heavy atom. The minimum atomic E-state index is -3.55.